The molecule has 1 N–H and O–H groups in total. The lowest BCUT2D eigenvalue weighted by Gasteiger charge is -2.10. The van der Waals surface area contributed by atoms with Gasteiger partial charge in [0, 0.05) is 15.2 Å². The van der Waals surface area contributed by atoms with Gasteiger partial charge in [0.2, 0.25) is 11.8 Å². The Morgan fingerprint density at radius 3 is 2.80 bits per heavy atom. The highest BCUT2D eigenvalue weighted by Gasteiger charge is 2.19. The van der Waals surface area contributed by atoms with Gasteiger partial charge < -0.3 is 9.73 Å². The first kappa shape index (κ1) is 18.0. The summed E-state index contributed by atoms with van der Waals surface area (Å²) < 4.78 is 6.51. The monoisotopic (exact) mass is 437 g/mol. The molecule has 8 heteroatoms. The van der Waals surface area contributed by atoms with Gasteiger partial charge in [-0.3, -0.25) is 4.79 Å². The van der Waals surface area contributed by atoms with Crippen LogP contribution in [0.1, 0.15) is 6.92 Å². The van der Waals surface area contributed by atoms with E-state index in [0.717, 1.165) is 10.0 Å². The molecule has 0 aliphatic carbocycles. The first-order valence-corrected chi connectivity index (χ1v) is 9.39. The third kappa shape index (κ3) is 4.62. The Balaban J connectivity index is 1.66. The maximum atomic E-state index is 12.3. The summed E-state index contributed by atoms with van der Waals surface area (Å²) in [5.74, 6) is 0.227. The molecule has 1 heterocycles. The predicted molar refractivity (Wildman–Crippen MR) is 103 cm³/mol. The van der Waals surface area contributed by atoms with Crippen LogP contribution in [0.3, 0.4) is 0 Å². The minimum Gasteiger partial charge on any atom is -0.411 e. The van der Waals surface area contributed by atoms with Crippen molar-refractivity contribution in [2.45, 2.75) is 17.4 Å². The molecule has 1 aromatic heterocycles. The molecule has 0 bridgehead atoms. The zero-order valence-electron chi connectivity index (χ0n) is 13.1. The highest BCUT2D eigenvalue weighted by Crippen LogP contribution is 2.30. The number of anilines is 1. The molecule has 3 rings (SSSR count). The van der Waals surface area contributed by atoms with Crippen molar-refractivity contribution in [2.24, 2.45) is 0 Å². The summed E-state index contributed by atoms with van der Waals surface area (Å²) in [7, 11) is 0. The van der Waals surface area contributed by atoms with E-state index in [2.05, 4.69) is 31.4 Å². The van der Waals surface area contributed by atoms with Crippen molar-refractivity contribution in [1.82, 2.24) is 10.2 Å². The standard InChI is InChI=1S/C17H13BrClN3O2S/c1-10(15(23)20-12-6-4-5-11(19)9-12)25-17-22-21-16(24-17)13-7-2-3-8-14(13)18/h2-10H,1H3,(H,20,23)/t10-/m0/s1. The summed E-state index contributed by atoms with van der Waals surface area (Å²) >= 11 is 10.6. The van der Waals surface area contributed by atoms with Gasteiger partial charge in [0.15, 0.2) is 0 Å². The van der Waals surface area contributed by atoms with Gasteiger partial charge >= 0.3 is 0 Å². The lowest BCUT2D eigenvalue weighted by Crippen LogP contribution is -2.22. The van der Waals surface area contributed by atoms with Crippen LogP contribution in [0, 0.1) is 0 Å². The number of carbonyl (C=O) groups is 1. The number of nitrogens with zero attached hydrogens (tertiary/aromatic N) is 2. The van der Waals surface area contributed by atoms with E-state index < -0.39 is 5.25 Å². The summed E-state index contributed by atoms with van der Waals surface area (Å²) in [5.41, 5.74) is 1.45. The number of carbonyl (C=O) groups excluding carboxylic acids is 1. The molecule has 5 nitrogen and oxygen atoms in total. The quantitative estimate of drug-likeness (QED) is 0.549. The smallest absolute Gasteiger partial charge is 0.277 e. The predicted octanol–water partition coefficient (Wildman–Crippen LogP) is 5.27. The van der Waals surface area contributed by atoms with Gasteiger partial charge in [0.05, 0.1) is 10.8 Å². The van der Waals surface area contributed by atoms with Crippen LogP contribution in [-0.2, 0) is 4.79 Å². The minimum atomic E-state index is -0.411. The molecule has 25 heavy (non-hydrogen) atoms. The molecule has 0 fully saturated rings. The van der Waals surface area contributed by atoms with Gasteiger partial charge in [-0.25, -0.2) is 0 Å². The van der Waals surface area contributed by atoms with Crippen LogP contribution in [0.4, 0.5) is 5.69 Å². The molecule has 128 valence electrons. The molecule has 0 unspecified atom stereocenters. The molecule has 0 radical (unpaired) electrons. The molecule has 0 spiro atoms. The van der Waals surface area contributed by atoms with Crippen LogP contribution in [-0.4, -0.2) is 21.4 Å². The summed E-state index contributed by atoms with van der Waals surface area (Å²) in [4.78, 5) is 12.3. The first-order chi connectivity index (χ1) is 12.0. The fourth-order valence-electron chi connectivity index (χ4n) is 2.02. The largest absolute Gasteiger partial charge is 0.411 e. The number of hydrogen-bond acceptors (Lipinski definition) is 5. The number of halogens is 2. The van der Waals surface area contributed by atoms with Crippen molar-refractivity contribution >= 4 is 50.9 Å². The Labute approximate surface area is 162 Å². The molecular weight excluding hydrogens is 426 g/mol. The van der Waals surface area contributed by atoms with Crippen molar-refractivity contribution in [3.8, 4) is 11.5 Å². The van der Waals surface area contributed by atoms with Crippen molar-refractivity contribution in [3.05, 3.63) is 58.0 Å². The van der Waals surface area contributed by atoms with Crippen LogP contribution in [0.2, 0.25) is 5.02 Å². The van der Waals surface area contributed by atoms with E-state index in [0.29, 0.717) is 21.8 Å². The molecule has 0 saturated carbocycles. The third-order valence-corrected chi connectivity index (χ3v) is 5.11. The molecule has 3 aromatic rings. The molecule has 0 saturated heterocycles. The Hall–Kier alpha value is -1.83. The number of hydrogen-bond donors (Lipinski definition) is 1. The Kier molecular flexibility index (Phi) is 5.78. The number of aromatic nitrogens is 2. The average molecular weight is 439 g/mol. The van der Waals surface area contributed by atoms with Crippen LogP contribution in [0.25, 0.3) is 11.5 Å². The topological polar surface area (TPSA) is 68.0 Å². The fraction of sp³-hybridized carbons (Fsp3) is 0.118. The Morgan fingerprint density at radius 2 is 2.04 bits per heavy atom. The van der Waals surface area contributed by atoms with Gasteiger partial charge in [0.1, 0.15) is 0 Å². The molecule has 2 aromatic carbocycles. The number of nitrogens with one attached hydrogen (secondary N) is 1. The molecule has 1 amide bonds. The van der Waals surface area contributed by atoms with Crippen LogP contribution in [0.15, 0.2) is 62.6 Å². The third-order valence-electron chi connectivity index (χ3n) is 3.25. The van der Waals surface area contributed by atoms with Crippen molar-refractivity contribution in [3.63, 3.8) is 0 Å². The number of thioether (sulfide) groups is 1. The fourth-order valence-corrected chi connectivity index (χ4v) is 3.34. The van der Waals surface area contributed by atoms with Gasteiger partial charge in [-0.2, -0.15) is 0 Å². The number of amides is 1. The van der Waals surface area contributed by atoms with Gasteiger partial charge in [0.25, 0.3) is 5.22 Å². The van der Waals surface area contributed by atoms with Crippen LogP contribution < -0.4 is 5.32 Å². The van der Waals surface area contributed by atoms with E-state index in [9.17, 15) is 4.79 Å². The van der Waals surface area contributed by atoms with E-state index in [-0.39, 0.29) is 5.91 Å². The normalized spacial score (nSPS) is 12.0. The van der Waals surface area contributed by atoms with Crippen LogP contribution >= 0.6 is 39.3 Å². The zero-order valence-corrected chi connectivity index (χ0v) is 16.2. The Bertz CT molecular complexity index is 903. The van der Waals surface area contributed by atoms with E-state index in [1.807, 2.05) is 24.3 Å². The van der Waals surface area contributed by atoms with Crippen molar-refractivity contribution in [1.29, 1.82) is 0 Å². The molecule has 0 aliphatic rings. The van der Waals surface area contributed by atoms with Gasteiger partial charge in [-0.05, 0) is 53.2 Å². The lowest BCUT2D eigenvalue weighted by molar-refractivity contribution is -0.115. The summed E-state index contributed by atoms with van der Waals surface area (Å²) in [6, 6.07) is 14.6. The average Bonchev–Trinajstić information content (AvgIpc) is 3.03. The number of benzene rings is 2. The van der Waals surface area contributed by atoms with Gasteiger partial charge in [-0.1, -0.05) is 41.6 Å². The van der Waals surface area contributed by atoms with E-state index >= 15 is 0 Å². The minimum absolute atomic E-state index is 0.173. The lowest BCUT2D eigenvalue weighted by atomic mass is 10.2. The highest BCUT2D eigenvalue weighted by molar-refractivity contribution is 9.10. The van der Waals surface area contributed by atoms with E-state index in [1.165, 1.54) is 11.8 Å². The van der Waals surface area contributed by atoms with Crippen molar-refractivity contribution < 1.29 is 9.21 Å². The highest BCUT2D eigenvalue weighted by atomic mass is 79.9. The molecular formula is C17H13BrClN3O2S. The Morgan fingerprint density at radius 1 is 1.24 bits per heavy atom. The van der Waals surface area contributed by atoms with Gasteiger partial charge in [-0.15, -0.1) is 10.2 Å². The van der Waals surface area contributed by atoms with Crippen LogP contribution in [0.5, 0.6) is 0 Å². The zero-order chi connectivity index (χ0) is 17.8. The van der Waals surface area contributed by atoms with E-state index in [4.69, 9.17) is 16.0 Å². The molecule has 0 aliphatic heterocycles. The maximum absolute atomic E-state index is 12.3. The summed E-state index contributed by atoms with van der Waals surface area (Å²) in [6.07, 6.45) is 0. The van der Waals surface area contributed by atoms with Crippen molar-refractivity contribution in [2.75, 3.05) is 5.32 Å². The molecule has 1 atom stereocenters. The first-order valence-electron chi connectivity index (χ1n) is 7.34. The maximum Gasteiger partial charge on any atom is 0.277 e. The second-order valence-corrected chi connectivity index (χ2v) is 7.70. The SMILES string of the molecule is C[C@H](Sc1nnc(-c2ccccc2Br)o1)C(=O)Nc1cccc(Cl)c1. The second-order valence-electron chi connectivity index (χ2n) is 5.11. The van der Waals surface area contributed by atoms with E-state index in [1.54, 1.807) is 31.2 Å². The number of rotatable bonds is 5. The summed E-state index contributed by atoms with van der Waals surface area (Å²) in [6.45, 7) is 1.77. The summed E-state index contributed by atoms with van der Waals surface area (Å²) in [5, 5.41) is 11.3. The second kappa shape index (κ2) is 8.03.